The lowest BCUT2D eigenvalue weighted by molar-refractivity contribution is -0.135. The quantitative estimate of drug-likeness (QED) is 0.218. The van der Waals surface area contributed by atoms with Crippen LogP contribution in [0.3, 0.4) is 0 Å². The van der Waals surface area contributed by atoms with Crippen LogP contribution < -0.4 is 20.1 Å². The van der Waals surface area contributed by atoms with Crippen LogP contribution in [0.4, 0.5) is 9.59 Å². The van der Waals surface area contributed by atoms with E-state index in [1.54, 1.807) is 11.1 Å². The van der Waals surface area contributed by atoms with Crippen LogP contribution in [0.2, 0.25) is 0 Å². The molecule has 0 unspecified atom stereocenters. The van der Waals surface area contributed by atoms with Crippen LogP contribution in [0, 0.1) is 11.8 Å². The smallest absolute Gasteiger partial charge is 0.407 e. The molecule has 5 aliphatic heterocycles. The number of nitrogens with one attached hydrogen (secondary N) is 3. The minimum atomic E-state index is -0.708. The summed E-state index contributed by atoms with van der Waals surface area (Å²) in [5.41, 5.74) is 8.82. The third kappa shape index (κ3) is 7.15. The first kappa shape index (κ1) is 39.0. The summed E-state index contributed by atoms with van der Waals surface area (Å²) in [7, 11) is 2.58. The molecule has 58 heavy (non-hydrogen) atoms. The normalized spacial score (nSPS) is 20.1. The van der Waals surface area contributed by atoms with Crippen molar-refractivity contribution in [2.45, 2.75) is 97.2 Å². The van der Waals surface area contributed by atoms with Crippen molar-refractivity contribution in [3.63, 3.8) is 0 Å². The van der Waals surface area contributed by atoms with Gasteiger partial charge in [0.05, 0.1) is 38.2 Å². The molecule has 5 aliphatic rings. The summed E-state index contributed by atoms with van der Waals surface area (Å²) in [5, 5.41) is 5.42. The molecule has 4 amide bonds. The Morgan fingerprint density at radius 1 is 0.776 bits per heavy atom. The van der Waals surface area contributed by atoms with Crippen LogP contribution in [0.5, 0.6) is 11.5 Å². The SMILES string of the molecule is COC(=O)N[C@H](C(=O)N1CCC[C@H]1C1=NC=C(c2cc3c4c(c2)OCc2cc(-c5cnc([C@@H]6CCCN6C(=O)[C@@H](NC(=O)OC)C(C)C)[nH]5)cc(c2-4)OC3)C1)C(C)C. The molecule has 2 fully saturated rings. The summed E-state index contributed by atoms with van der Waals surface area (Å²) in [6.07, 6.45) is 6.32. The highest BCUT2D eigenvalue weighted by Gasteiger charge is 2.40. The molecule has 3 N–H and O–H groups in total. The summed E-state index contributed by atoms with van der Waals surface area (Å²) in [6, 6.07) is 6.61. The predicted molar refractivity (Wildman–Crippen MR) is 215 cm³/mol. The van der Waals surface area contributed by atoms with Crippen molar-refractivity contribution >= 4 is 35.3 Å². The zero-order chi connectivity index (χ0) is 40.8. The molecule has 2 aromatic carbocycles. The molecule has 0 spiro atoms. The van der Waals surface area contributed by atoms with Crippen LogP contribution in [0.25, 0.3) is 28.0 Å². The molecule has 2 saturated heterocycles. The topological polar surface area (TPSA) is 177 Å². The molecule has 8 rings (SSSR count). The number of nitrogens with zero attached hydrogens (tertiary/aromatic N) is 4. The maximum absolute atomic E-state index is 13.7. The van der Waals surface area contributed by atoms with Crippen molar-refractivity contribution in [2.75, 3.05) is 27.3 Å². The molecule has 1 aromatic heterocycles. The van der Waals surface area contributed by atoms with Crippen LogP contribution in [0.15, 0.2) is 41.7 Å². The zero-order valence-corrected chi connectivity index (χ0v) is 33.8. The molecule has 3 aromatic rings. The number of benzene rings is 2. The van der Waals surface area contributed by atoms with Crippen molar-refractivity contribution in [3.8, 4) is 33.9 Å². The summed E-state index contributed by atoms with van der Waals surface area (Å²) < 4.78 is 22.5. The van der Waals surface area contributed by atoms with Crippen LogP contribution in [-0.4, -0.2) is 94.9 Å². The standard InChI is InChI=1S/C43H51N7O8/c1-22(2)37(47-42(53)55-5)40(51)49-11-7-9-31(49)29-15-26(18-44-29)24-13-27-20-58-34-17-25(14-28-21-57-33(16-24)35(27)36(28)34)30-19-45-39(46-30)32-10-8-12-50(32)41(52)38(23(3)4)48-43(54)56-6/h13-14,16-19,22-23,31-32,37-38H,7-12,15,20-21H2,1-6H3,(H,45,46)(H,47,53)(H,48,54)/t31-,32-,37-,38-/m0/s1. The Morgan fingerprint density at radius 2 is 1.31 bits per heavy atom. The predicted octanol–water partition coefficient (Wildman–Crippen LogP) is 6.13. The number of imidazole rings is 1. The number of alkyl carbamates (subject to hydrolysis) is 2. The maximum atomic E-state index is 13.7. The Labute approximate surface area is 337 Å². The van der Waals surface area contributed by atoms with E-state index in [1.807, 2.05) is 44.9 Å². The Bertz CT molecular complexity index is 2160. The first-order chi connectivity index (χ1) is 27.9. The number of aromatic nitrogens is 2. The third-order valence-corrected chi connectivity index (χ3v) is 12.0. The van der Waals surface area contributed by atoms with E-state index in [0.717, 1.165) is 87.5 Å². The van der Waals surface area contributed by atoms with Gasteiger partial charge in [-0.05, 0) is 72.9 Å². The van der Waals surface area contributed by atoms with Crippen molar-refractivity contribution in [3.05, 3.63) is 59.2 Å². The molecule has 0 bridgehead atoms. The minimum Gasteiger partial charge on any atom is -0.488 e. The highest BCUT2D eigenvalue weighted by Crippen LogP contribution is 2.51. The van der Waals surface area contributed by atoms with Gasteiger partial charge in [-0.3, -0.25) is 14.6 Å². The van der Waals surface area contributed by atoms with Gasteiger partial charge < -0.3 is 44.4 Å². The number of aliphatic imine (C=N–C) groups is 1. The fraction of sp³-hybridized carbons (Fsp3) is 0.488. The number of amides is 4. The molecule has 306 valence electrons. The van der Waals surface area contributed by atoms with Gasteiger partial charge in [0, 0.05) is 59.2 Å². The van der Waals surface area contributed by atoms with Gasteiger partial charge in [-0.2, -0.15) is 0 Å². The Morgan fingerprint density at radius 3 is 1.88 bits per heavy atom. The van der Waals surface area contributed by atoms with E-state index in [0.29, 0.717) is 38.5 Å². The van der Waals surface area contributed by atoms with Crippen molar-refractivity contribution in [1.82, 2.24) is 30.4 Å². The maximum Gasteiger partial charge on any atom is 0.407 e. The average Bonchev–Trinajstić information content (AvgIpc) is 4.06. The lowest BCUT2D eigenvalue weighted by Gasteiger charge is -2.31. The fourth-order valence-corrected chi connectivity index (χ4v) is 8.95. The number of H-pyrrole nitrogens is 1. The van der Waals surface area contributed by atoms with Gasteiger partial charge in [-0.15, -0.1) is 0 Å². The molecule has 4 atom stereocenters. The van der Waals surface area contributed by atoms with Gasteiger partial charge in [-0.1, -0.05) is 27.7 Å². The number of methoxy groups -OCH3 is 2. The lowest BCUT2D eigenvalue weighted by atomic mass is 9.86. The van der Waals surface area contributed by atoms with Crippen molar-refractivity contribution in [1.29, 1.82) is 0 Å². The molecule has 15 heteroatoms. The number of aromatic amines is 1. The first-order valence-electron chi connectivity index (χ1n) is 20.2. The van der Waals surface area contributed by atoms with Crippen LogP contribution >= 0.6 is 0 Å². The largest absolute Gasteiger partial charge is 0.488 e. The van der Waals surface area contributed by atoms with E-state index < -0.39 is 24.3 Å². The Balaban J connectivity index is 0.983. The minimum absolute atomic E-state index is 0.105. The van der Waals surface area contributed by atoms with Gasteiger partial charge in [0.25, 0.3) is 0 Å². The third-order valence-electron chi connectivity index (χ3n) is 12.0. The van der Waals surface area contributed by atoms with Gasteiger partial charge >= 0.3 is 12.2 Å². The molecular formula is C43H51N7O8. The van der Waals surface area contributed by atoms with Crippen LogP contribution in [0.1, 0.15) is 88.4 Å². The van der Waals surface area contributed by atoms with Crippen LogP contribution in [-0.2, 0) is 32.3 Å². The number of hydrogen-bond donors (Lipinski definition) is 3. The average molecular weight is 794 g/mol. The molecule has 0 saturated carbocycles. The van der Waals surface area contributed by atoms with Crippen molar-refractivity contribution < 1.29 is 38.1 Å². The Kier molecular flexibility index (Phi) is 10.6. The van der Waals surface area contributed by atoms with E-state index >= 15 is 0 Å². The summed E-state index contributed by atoms with van der Waals surface area (Å²) in [6.45, 7) is 9.54. The van der Waals surface area contributed by atoms with Gasteiger partial charge in [-0.25, -0.2) is 14.6 Å². The number of allylic oxidation sites excluding steroid dienone is 1. The highest BCUT2D eigenvalue weighted by atomic mass is 16.5. The molecular weight excluding hydrogens is 743 g/mol. The number of carbonyl (C=O) groups excluding carboxylic acids is 4. The molecule has 6 heterocycles. The second-order valence-corrected chi connectivity index (χ2v) is 16.3. The Hall–Kier alpha value is -5.86. The number of rotatable bonds is 10. The van der Waals surface area contributed by atoms with E-state index in [-0.39, 0.29) is 35.7 Å². The van der Waals surface area contributed by atoms with Crippen molar-refractivity contribution in [2.24, 2.45) is 16.8 Å². The second kappa shape index (κ2) is 15.8. The number of hydrogen-bond acceptors (Lipinski definition) is 10. The highest BCUT2D eigenvalue weighted by molar-refractivity contribution is 6.04. The van der Waals surface area contributed by atoms with E-state index in [9.17, 15) is 19.2 Å². The molecule has 0 aliphatic carbocycles. The molecule has 0 radical (unpaired) electrons. The fourth-order valence-electron chi connectivity index (χ4n) is 8.95. The summed E-state index contributed by atoms with van der Waals surface area (Å²) >= 11 is 0. The van der Waals surface area contributed by atoms with Gasteiger partial charge in [0.2, 0.25) is 11.8 Å². The van der Waals surface area contributed by atoms with Gasteiger partial charge in [0.1, 0.15) is 42.6 Å². The second-order valence-electron chi connectivity index (χ2n) is 16.3. The molecule has 15 nitrogen and oxygen atoms in total. The summed E-state index contributed by atoms with van der Waals surface area (Å²) in [4.78, 5) is 68.1. The summed E-state index contributed by atoms with van der Waals surface area (Å²) in [5.74, 6) is 1.77. The zero-order valence-electron chi connectivity index (χ0n) is 33.8. The van der Waals surface area contributed by atoms with E-state index in [2.05, 4.69) is 33.8 Å². The monoisotopic (exact) mass is 793 g/mol. The number of ether oxygens (including phenoxy) is 4. The number of likely N-dealkylation sites (tertiary alicyclic amines) is 2. The number of carbonyl (C=O) groups is 4. The van der Waals surface area contributed by atoms with E-state index in [4.69, 9.17) is 28.9 Å². The van der Waals surface area contributed by atoms with E-state index in [1.165, 1.54) is 14.2 Å². The van der Waals surface area contributed by atoms with Gasteiger partial charge in [0.15, 0.2) is 0 Å². The lowest BCUT2D eigenvalue weighted by Crippen LogP contribution is -2.53. The first-order valence-corrected chi connectivity index (χ1v) is 20.2.